The van der Waals surface area contributed by atoms with Crippen molar-refractivity contribution >= 4 is 19.2 Å². The van der Waals surface area contributed by atoms with Crippen LogP contribution >= 0.6 is 0 Å². The van der Waals surface area contributed by atoms with Gasteiger partial charge in [-0.15, -0.1) is 0 Å². The number of nitrogens with zero attached hydrogens (tertiary/aromatic N) is 2. The van der Waals surface area contributed by atoms with Crippen LogP contribution in [0, 0.1) is 0 Å². The minimum Gasteiger partial charge on any atom is -0.475 e. The maximum atomic E-state index is 10.8. The Balaban J connectivity index is 2.26. The molecule has 2 rings (SSSR count). The summed E-state index contributed by atoms with van der Waals surface area (Å²) in [6.07, 6.45) is 4.79. The molecule has 0 bridgehead atoms. The van der Waals surface area contributed by atoms with Gasteiger partial charge < -0.3 is 19.7 Å². The lowest BCUT2D eigenvalue weighted by atomic mass is 9.77. The molecule has 0 amide bonds. The summed E-state index contributed by atoms with van der Waals surface area (Å²) in [6.45, 7) is 8.55. The van der Waals surface area contributed by atoms with Crippen LogP contribution in [0.5, 0.6) is 0 Å². The number of likely N-dealkylation sites (N-methyl/N-ethyl adjacent to an activating group) is 1. The van der Waals surface area contributed by atoms with E-state index in [-0.39, 0.29) is 5.82 Å². The zero-order valence-electron chi connectivity index (χ0n) is 14.1. The molecule has 1 aliphatic heterocycles. The minimum absolute atomic E-state index is 0.229. The van der Waals surface area contributed by atoms with E-state index in [9.17, 15) is 4.79 Å². The largest absolute Gasteiger partial charge is 0.491 e. The van der Waals surface area contributed by atoms with Crippen LogP contribution in [0.25, 0.3) is 6.08 Å². The molecule has 1 saturated heterocycles. The zero-order chi connectivity index (χ0) is 17.3. The average Bonchev–Trinajstić information content (AvgIpc) is 2.67. The van der Waals surface area contributed by atoms with E-state index in [1.54, 1.807) is 0 Å². The topological polar surface area (TPSA) is 93.6 Å². The molecule has 124 valence electrons. The van der Waals surface area contributed by atoms with Gasteiger partial charge in [-0.25, -0.2) is 14.8 Å². The fourth-order valence-corrected chi connectivity index (χ4v) is 2.14. The van der Waals surface area contributed by atoms with E-state index in [0.717, 1.165) is 5.47 Å². The van der Waals surface area contributed by atoms with Crippen molar-refractivity contribution in [2.24, 2.45) is 0 Å². The number of carbonyl (C=O) groups is 1. The molecular weight excluding hydrogens is 297 g/mol. The Hall–Kier alpha value is -1.77. The maximum absolute atomic E-state index is 10.8. The van der Waals surface area contributed by atoms with Crippen molar-refractivity contribution < 1.29 is 19.2 Å². The van der Waals surface area contributed by atoms with Crippen molar-refractivity contribution in [3.63, 3.8) is 0 Å². The fraction of sp³-hybridized carbons (Fsp3) is 0.533. The first-order valence-electron chi connectivity index (χ1n) is 7.42. The van der Waals surface area contributed by atoms with Crippen molar-refractivity contribution in [3.05, 3.63) is 29.3 Å². The summed E-state index contributed by atoms with van der Waals surface area (Å²) >= 11 is 0. The third-order valence-corrected chi connectivity index (χ3v) is 4.15. The minimum atomic E-state index is -1.15. The van der Waals surface area contributed by atoms with Gasteiger partial charge in [0.15, 0.2) is 0 Å². The standard InChI is InChI=1S/C15H22BN3O4/c1-14(2)15(3,4)23-16(22-14)11(9-17-5)6-10-7-18-12(13(20)21)19-8-10/h6-8,17H,9H2,1-5H3,(H,20,21). The molecule has 1 aromatic rings. The Kier molecular flexibility index (Phi) is 4.88. The van der Waals surface area contributed by atoms with Crippen LogP contribution in [-0.4, -0.2) is 53.0 Å². The van der Waals surface area contributed by atoms with Crippen molar-refractivity contribution in [2.45, 2.75) is 38.9 Å². The molecule has 2 N–H and O–H groups in total. The molecule has 0 radical (unpaired) electrons. The van der Waals surface area contributed by atoms with Gasteiger partial charge in [-0.1, -0.05) is 6.08 Å². The van der Waals surface area contributed by atoms with Crippen molar-refractivity contribution in [1.29, 1.82) is 0 Å². The van der Waals surface area contributed by atoms with E-state index in [4.69, 9.17) is 14.4 Å². The van der Waals surface area contributed by atoms with Gasteiger partial charge in [0.05, 0.1) is 11.2 Å². The number of hydrogen-bond acceptors (Lipinski definition) is 6. The zero-order valence-corrected chi connectivity index (χ0v) is 14.1. The summed E-state index contributed by atoms with van der Waals surface area (Å²) in [5.41, 5.74) is 0.732. The molecule has 2 heterocycles. The van der Waals surface area contributed by atoms with E-state index in [2.05, 4.69) is 15.3 Å². The predicted molar refractivity (Wildman–Crippen MR) is 87.0 cm³/mol. The molecule has 1 aliphatic rings. The summed E-state index contributed by atoms with van der Waals surface area (Å²) in [5, 5.41) is 11.9. The number of aromatic carboxylic acids is 1. The van der Waals surface area contributed by atoms with Crippen LogP contribution in [-0.2, 0) is 9.31 Å². The highest BCUT2D eigenvalue weighted by Gasteiger charge is 2.52. The first-order valence-corrected chi connectivity index (χ1v) is 7.42. The second-order valence-corrected chi connectivity index (χ2v) is 6.48. The predicted octanol–water partition coefficient (Wildman–Crippen LogP) is 1.41. The molecule has 0 unspecified atom stereocenters. The van der Waals surface area contributed by atoms with Gasteiger partial charge in [-0.2, -0.15) is 0 Å². The first kappa shape index (κ1) is 17.6. The van der Waals surface area contributed by atoms with E-state index in [1.807, 2.05) is 40.8 Å². The molecule has 0 atom stereocenters. The van der Waals surface area contributed by atoms with Crippen LogP contribution in [0.2, 0.25) is 0 Å². The quantitative estimate of drug-likeness (QED) is 0.793. The van der Waals surface area contributed by atoms with Crippen molar-refractivity contribution in [3.8, 4) is 0 Å². The van der Waals surface area contributed by atoms with Gasteiger partial charge in [0, 0.05) is 24.5 Å². The summed E-state index contributed by atoms with van der Waals surface area (Å²) < 4.78 is 12.1. The molecule has 1 fully saturated rings. The van der Waals surface area contributed by atoms with Crippen LogP contribution in [0.15, 0.2) is 17.9 Å². The number of nitrogens with one attached hydrogen (secondary N) is 1. The Bertz CT molecular complexity index is 598. The molecule has 0 spiro atoms. The first-order chi connectivity index (χ1) is 10.7. The summed E-state index contributed by atoms with van der Waals surface area (Å²) in [5.74, 6) is -1.38. The monoisotopic (exact) mass is 319 g/mol. The summed E-state index contributed by atoms with van der Waals surface area (Å²) in [7, 11) is 1.36. The summed E-state index contributed by atoms with van der Waals surface area (Å²) in [4.78, 5) is 18.4. The van der Waals surface area contributed by atoms with Crippen LogP contribution < -0.4 is 5.32 Å². The highest BCUT2D eigenvalue weighted by molar-refractivity contribution is 6.55. The van der Waals surface area contributed by atoms with Gasteiger partial charge in [0.25, 0.3) is 0 Å². The van der Waals surface area contributed by atoms with Gasteiger partial charge in [-0.05, 0) is 40.2 Å². The molecular formula is C15H22BN3O4. The van der Waals surface area contributed by atoms with Crippen LogP contribution in [0.1, 0.15) is 43.9 Å². The Morgan fingerprint density at radius 3 is 2.22 bits per heavy atom. The lowest BCUT2D eigenvalue weighted by Crippen LogP contribution is -2.41. The summed E-state index contributed by atoms with van der Waals surface area (Å²) in [6, 6.07) is 0. The molecule has 23 heavy (non-hydrogen) atoms. The average molecular weight is 319 g/mol. The molecule has 1 aromatic heterocycles. The number of aromatic nitrogens is 2. The normalized spacial score (nSPS) is 19.9. The smallest absolute Gasteiger partial charge is 0.475 e. The second-order valence-electron chi connectivity index (χ2n) is 6.48. The van der Waals surface area contributed by atoms with Crippen molar-refractivity contribution in [1.82, 2.24) is 15.3 Å². The highest BCUT2D eigenvalue weighted by Crippen LogP contribution is 2.38. The third kappa shape index (κ3) is 3.77. The number of carboxylic acids is 1. The molecule has 7 nitrogen and oxygen atoms in total. The Morgan fingerprint density at radius 1 is 1.26 bits per heavy atom. The number of rotatable bonds is 5. The maximum Gasteiger partial charge on any atom is 0.491 e. The lowest BCUT2D eigenvalue weighted by Gasteiger charge is -2.32. The van der Waals surface area contributed by atoms with Gasteiger partial charge >= 0.3 is 13.1 Å². The van der Waals surface area contributed by atoms with Crippen molar-refractivity contribution in [2.75, 3.05) is 13.6 Å². The van der Waals surface area contributed by atoms with E-state index in [1.165, 1.54) is 12.4 Å². The van der Waals surface area contributed by atoms with Gasteiger partial charge in [0.1, 0.15) is 0 Å². The number of carboxylic acid groups (broad SMARTS) is 1. The molecule has 0 aliphatic carbocycles. The Morgan fingerprint density at radius 2 is 1.78 bits per heavy atom. The van der Waals surface area contributed by atoms with Gasteiger partial charge in [-0.3, -0.25) is 0 Å². The fourth-order valence-electron chi connectivity index (χ4n) is 2.14. The molecule has 0 aromatic carbocycles. The van der Waals surface area contributed by atoms with E-state index in [0.29, 0.717) is 12.1 Å². The van der Waals surface area contributed by atoms with Crippen LogP contribution in [0.3, 0.4) is 0 Å². The van der Waals surface area contributed by atoms with E-state index >= 15 is 0 Å². The number of hydrogen-bond donors (Lipinski definition) is 2. The Labute approximate surface area is 136 Å². The van der Waals surface area contributed by atoms with Gasteiger partial charge in [0.2, 0.25) is 5.82 Å². The second kappa shape index (κ2) is 6.39. The van der Waals surface area contributed by atoms with E-state index < -0.39 is 24.3 Å². The molecule has 0 saturated carbocycles. The third-order valence-electron chi connectivity index (χ3n) is 4.15. The molecule has 8 heteroatoms. The highest BCUT2D eigenvalue weighted by atomic mass is 16.7. The van der Waals surface area contributed by atoms with Crippen LogP contribution in [0.4, 0.5) is 0 Å². The lowest BCUT2D eigenvalue weighted by molar-refractivity contribution is 0.00578. The SMILES string of the molecule is CNCC(=Cc1cnc(C(=O)O)nc1)B1OC(C)(C)C(C)(C)O1.